The predicted octanol–water partition coefficient (Wildman–Crippen LogP) is 2.04. The number of likely N-dealkylation sites (N-methyl/N-ethyl adjacent to an activating group) is 1. The van der Waals surface area contributed by atoms with Gasteiger partial charge in [-0.2, -0.15) is 0 Å². The number of benzene rings is 2. The molecule has 7 heteroatoms. The average molecular weight is 370 g/mol. The first-order chi connectivity index (χ1) is 13.0. The molecule has 0 unspecified atom stereocenters. The minimum atomic E-state index is -0.676. The largest absolute Gasteiger partial charge is 0.496 e. The van der Waals surface area contributed by atoms with Crippen LogP contribution in [-0.4, -0.2) is 49.1 Å². The number of hydrogen-bond acceptors (Lipinski definition) is 5. The first kappa shape index (κ1) is 18.6. The van der Waals surface area contributed by atoms with E-state index in [1.165, 1.54) is 30.2 Å². The summed E-state index contributed by atoms with van der Waals surface area (Å²) in [5.41, 5.74) is 0.503. The van der Waals surface area contributed by atoms with E-state index in [0.29, 0.717) is 11.3 Å². The molecular weight excluding hydrogens is 351 g/mol. The number of anilines is 1. The van der Waals surface area contributed by atoms with Gasteiger partial charge >= 0.3 is 0 Å². The third-order valence-corrected chi connectivity index (χ3v) is 4.35. The third kappa shape index (κ3) is 3.17. The van der Waals surface area contributed by atoms with Gasteiger partial charge in [-0.05, 0) is 18.2 Å². The second kappa shape index (κ2) is 7.59. The molecule has 0 saturated carbocycles. The number of ether oxygens (including phenoxy) is 1. The summed E-state index contributed by atoms with van der Waals surface area (Å²) in [6, 6.07) is 12.4. The minimum Gasteiger partial charge on any atom is -0.496 e. The Morgan fingerprint density at radius 3 is 2.41 bits per heavy atom. The van der Waals surface area contributed by atoms with Crippen molar-refractivity contribution in [2.24, 2.45) is 0 Å². The Bertz CT molecular complexity index is 926. The summed E-state index contributed by atoms with van der Waals surface area (Å²) < 4.78 is 19.6. The molecule has 0 fully saturated rings. The quantitative estimate of drug-likeness (QED) is 0.788. The maximum absolute atomic E-state index is 14.3. The van der Waals surface area contributed by atoms with Gasteiger partial charge in [0, 0.05) is 19.2 Å². The highest BCUT2D eigenvalue weighted by Crippen LogP contribution is 2.38. The van der Waals surface area contributed by atoms with Crippen molar-refractivity contribution in [3.8, 4) is 5.75 Å². The number of para-hydroxylation sites is 2. The first-order valence-electron chi connectivity index (χ1n) is 8.34. The minimum absolute atomic E-state index is 0.0850. The van der Waals surface area contributed by atoms with E-state index in [9.17, 15) is 19.1 Å². The highest BCUT2D eigenvalue weighted by molar-refractivity contribution is 6.45. The molecule has 1 aliphatic rings. The van der Waals surface area contributed by atoms with Crippen molar-refractivity contribution in [3.63, 3.8) is 0 Å². The summed E-state index contributed by atoms with van der Waals surface area (Å²) in [5.74, 6) is -1.56. The van der Waals surface area contributed by atoms with Crippen LogP contribution in [-0.2, 0) is 9.59 Å². The molecule has 27 heavy (non-hydrogen) atoms. The normalized spacial score (nSPS) is 14.1. The Morgan fingerprint density at radius 2 is 1.74 bits per heavy atom. The van der Waals surface area contributed by atoms with Gasteiger partial charge in [-0.15, -0.1) is 0 Å². The molecule has 1 heterocycles. The molecule has 3 rings (SSSR count). The van der Waals surface area contributed by atoms with Gasteiger partial charge in [0.15, 0.2) is 0 Å². The van der Waals surface area contributed by atoms with Gasteiger partial charge < -0.3 is 14.7 Å². The van der Waals surface area contributed by atoms with Crippen LogP contribution in [0.25, 0.3) is 5.57 Å². The molecule has 0 aliphatic carbocycles. The second-order valence-corrected chi connectivity index (χ2v) is 5.97. The molecule has 2 aromatic carbocycles. The molecule has 0 atom stereocenters. The molecule has 0 aromatic heterocycles. The van der Waals surface area contributed by atoms with E-state index < -0.39 is 17.6 Å². The van der Waals surface area contributed by atoms with Crippen molar-refractivity contribution in [2.75, 3.05) is 32.2 Å². The van der Waals surface area contributed by atoms with Gasteiger partial charge in [-0.3, -0.25) is 9.59 Å². The van der Waals surface area contributed by atoms with Crippen LogP contribution in [0.4, 0.5) is 10.1 Å². The number of rotatable bonds is 6. The van der Waals surface area contributed by atoms with Crippen LogP contribution in [0.1, 0.15) is 5.56 Å². The number of aliphatic hydroxyl groups is 1. The lowest BCUT2D eigenvalue weighted by Crippen LogP contribution is -2.35. The van der Waals surface area contributed by atoms with Crippen LogP contribution < -0.4 is 9.64 Å². The molecular formula is C20H19FN2O4. The van der Waals surface area contributed by atoms with Crippen LogP contribution in [0.15, 0.2) is 54.2 Å². The number of aliphatic hydroxyl groups excluding tert-OH is 1. The number of carbonyl (C=O) groups is 2. The lowest BCUT2D eigenvalue weighted by molar-refractivity contribution is -0.120. The topological polar surface area (TPSA) is 70.1 Å². The van der Waals surface area contributed by atoms with E-state index in [1.54, 1.807) is 37.4 Å². The van der Waals surface area contributed by atoms with E-state index in [2.05, 4.69) is 0 Å². The molecule has 0 radical (unpaired) electrons. The molecule has 2 amide bonds. The van der Waals surface area contributed by atoms with Gasteiger partial charge in [0.25, 0.3) is 11.8 Å². The first-order valence-corrected chi connectivity index (χ1v) is 8.34. The Hall–Kier alpha value is -3.19. The predicted molar refractivity (Wildman–Crippen MR) is 98.5 cm³/mol. The summed E-state index contributed by atoms with van der Waals surface area (Å²) in [6.45, 7) is -0.0709. The zero-order valence-electron chi connectivity index (χ0n) is 15.0. The lowest BCUT2D eigenvalue weighted by Gasteiger charge is -2.20. The smallest absolute Gasteiger partial charge is 0.282 e. The molecule has 2 aromatic rings. The van der Waals surface area contributed by atoms with Crippen molar-refractivity contribution < 1.29 is 23.8 Å². The SMILES string of the molecule is COc1ccccc1C1=C(N(C)CCO)C(=O)N(c2ccccc2F)C1=O. The monoisotopic (exact) mass is 370 g/mol. The van der Waals surface area contributed by atoms with Crippen LogP contribution in [0.3, 0.4) is 0 Å². The van der Waals surface area contributed by atoms with Crippen molar-refractivity contribution in [3.05, 3.63) is 65.6 Å². The van der Waals surface area contributed by atoms with Crippen molar-refractivity contribution in [1.82, 2.24) is 4.90 Å². The summed E-state index contributed by atoms with van der Waals surface area (Å²) in [4.78, 5) is 28.6. The fraction of sp³-hybridized carbons (Fsp3) is 0.200. The Balaban J connectivity index is 2.20. The fourth-order valence-corrected chi connectivity index (χ4v) is 3.08. The van der Waals surface area contributed by atoms with Gasteiger partial charge in [0.05, 0.1) is 25.0 Å². The number of nitrogens with zero attached hydrogens (tertiary/aromatic N) is 2. The molecule has 0 saturated heterocycles. The van der Waals surface area contributed by atoms with Crippen LogP contribution in [0, 0.1) is 5.82 Å². The van der Waals surface area contributed by atoms with Crippen LogP contribution in [0.5, 0.6) is 5.75 Å². The van der Waals surface area contributed by atoms with Crippen molar-refractivity contribution >= 4 is 23.1 Å². The number of hydrogen-bond donors (Lipinski definition) is 1. The Morgan fingerprint density at radius 1 is 1.07 bits per heavy atom. The second-order valence-electron chi connectivity index (χ2n) is 5.97. The van der Waals surface area contributed by atoms with Gasteiger partial charge in [-0.1, -0.05) is 30.3 Å². The highest BCUT2D eigenvalue weighted by atomic mass is 19.1. The van der Waals surface area contributed by atoms with E-state index in [-0.39, 0.29) is 30.1 Å². The molecule has 1 aliphatic heterocycles. The molecule has 0 bridgehead atoms. The maximum atomic E-state index is 14.3. The van der Waals surface area contributed by atoms with E-state index in [4.69, 9.17) is 4.74 Å². The summed E-state index contributed by atoms with van der Waals surface area (Å²) in [6.07, 6.45) is 0. The number of methoxy groups -OCH3 is 1. The molecule has 1 N–H and O–H groups in total. The average Bonchev–Trinajstić information content (AvgIpc) is 2.93. The number of amides is 2. The standard InChI is InChI=1S/C20H19FN2O4/c1-22(11-12-24)18-17(13-7-3-6-10-16(13)27-2)19(25)23(20(18)26)15-9-5-4-8-14(15)21/h3-10,24H,11-12H2,1-2H3. The zero-order valence-corrected chi connectivity index (χ0v) is 15.0. The van der Waals surface area contributed by atoms with Gasteiger partial charge in [-0.25, -0.2) is 9.29 Å². The van der Waals surface area contributed by atoms with E-state index >= 15 is 0 Å². The summed E-state index contributed by atoms with van der Waals surface area (Å²) >= 11 is 0. The van der Waals surface area contributed by atoms with E-state index in [0.717, 1.165) is 4.90 Å². The highest BCUT2D eigenvalue weighted by Gasteiger charge is 2.43. The Kier molecular flexibility index (Phi) is 5.23. The van der Waals surface area contributed by atoms with E-state index in [1.807, 2.05) is 0 Å². The number of imide groups is 1. The Labute approximate surface area is 156 Å². The molecule has 6 nitrogen and oxygen atoms in total. The van der Waals surface area contributed by atoms with Crippen molar-refractivity contribution in [1.29, 1.82) is 0 Å². The molecule has 140 valence electrons. The summed E-state index contributed by atoms with van der Waals surface area (Å²) in [7, 11) is 3.06. The number of carbonyl (C=O) groups excluding carboxylic acids is 2. The summed E-state index contributed by atoms with van der Waals surface area (Å²) in [5, 5.41) is 9.28. The third-order valence-electron chi connectivity index (χ3n) is 4.35. The maximum Gasteiger partial charge on any atom is 0.282 e. The van der Waals surface area contributed by atoms with Crippen LogP contribution in [0.2, 0.25) is 0 Å². The lowest BCUT2D eigenvalue weighted by atomic mass is 10.0. The van der Waals surface area contributed by atoms with Crippen molar-refractivity contribution in [2.45, 2.75) is 0 Å². The molecule has 0 spiro atoms. The van der Waals surface area contributed by atoms with Crippen LogP contribution >= 0.6 is 0 Å². The number of halogens is 1. The fourth-order valence-electron chi connectivity index (χ4n) is 3.08. The van der Waals surface area contributed by atoms with Gasteiger partial charge in [0.2, 0.25) is 0 Å². The van der Waals surface area contributed by atoms with Gasteiger partial charge in [0.1, 0.15) is 17.3 Å². The zero-order chi connectivity index (χ0) is 19.6.